The Morgan fingerprint density at radius 3 is 2.06 bits per heavy atom. The molecule has 0 aliphatic heterocycles. The van der Waals surface area contributed by atoms with E-state index in [1.54, 1.807) is 0 Å². The van der Waals surface area contributed by atoms with Crippen LogP contribution in [0.25, 0.3) is 44.1 Å². The summed E-state index contributed by atoms with van der Waals surface area (Å²) >= 11 is 0. The summed E-state index contributed by atoms with van der Waals surface area (Å²) in [6, 6.07) is 38.4. The molecule has 0 saturated carbocycles. The number of pyridine rings is 2. The molecule has 4 aromatic carbocycles. The van der Waals surface area contributed by atoms with Gasteiger partial charge in [-0.15, -0.1) is 0 Å². The summed E-state index contributed by atoms with van der Waals surface area (Å²) in [5, 5.41) is 5.03. The molecular weight excluding hydrogens is 436 g/mol. The van der Waals surface area contributed by atoms with Crippen molar-refractivity contribution in [1.82, 2.24) is 9.97 Å². The summed E-state index contributed by atoms with van der Waals surface area (Å²) in [4.78, 5) is 9.67. The highest BCUT2D eigenvalue weighted by atomic mass is 14.7. The van der Waals surface area contributed by atoms with Crippen molar-refractivity contribution in [2.24, 2.45) is 0 Å². The number of hydrogen-bond acceptors (Lipinski definition) is 2. The maximum Gasteiger partial charge on any atom is 0.0786 e. The fourth-order valence-corrected chi connectivity index (χ4v) is 5.09. The van der Waals surface area contributed by atoms with Crippen LogP contribution in [-0.2, 0) is 12.8 Å². The van der Waals surface area contributed by atoms with E-state index in [0.29, 0.717) is 0 Å². The maximum absolute atomic E-state index is 4.99. The third kappa shape index (κ3) is 4.50. The molecule has 36 heavy (non-hydrogen) atoms. The minimum atomic E-state index is 1.03. The van der Waals surface area contributed by atoms with E-state index >= 15 is 0 Å². The predicted molar refractivity (Wildman–Crippen MR) is 151 cm³/mol. The third-order valence-electron chi connectivity index (χ3n) is 6.98. The molecule has 0 saturated heterocycles. The molecule has 0 radical (unpaired) electrons. The first-order valence-electron chi connectivity index (χ1n) is 12.7. The normalized spacial score (nSPS) is 11.2. The van der Waals surface area contributed by atoms with Crippen LogP contribution in [-0.4, -0.2) is 9.97 Å². The zero-order valence-electron chi connectivity index (χ0n) is 20.3. The van der Waals surface area contributed by atoms with Gasteiger partial charge in [0.15, 0.2) is 0 Å². The summed E-state index contributed by atoms with van der Waals surface area (Å²) in [5.41, 5.74) is 7.08. The van der Waals surface area contributed by atoms with E-state index in [2.05, 4.69) is 114 Å². The van der Waals surface area contributed by atoms with E-state index in [1.807, 2.05) is 12.3 Å². The molecule has 0 amide bonds. The van der Waals surface area contributed by atoms with Gasteiger partial charge < -0.3 is 0 Å². The first kappa shape index (κ1) is 22.2. The number of aryl methyl sites for hydroxylation is 2. The quantitative estimate of drug-likeness (QED) is 0.221. The van der Waals surface area contributed by atoms with Gasteiger partial charge in [0.25, 0.3) is 0 Å². The first-order valence-corrected chi connectivity index (χ1v) is 12.7. The minimum absolute atomic E-state index is 1.03. The largest absolute Gasteiger partial charge is 0.256 e. The fourth-order valence-electron chi connectivity index (χ4n) is 5.09. The molecule has 0 aliphatic rings. The average molecular weight is 465 g/mol. The first-order chi connectivity index (χ1) is 17.9. The lowest BCUT2D eigenvalue weighted by atomic mass is 9.95. The SMILES string of the molecule is c1ccc(-c2ccc(CCCCc3cnc(-c4cccc5ccccc45)c4ccccc34)cn2)cc1. The Balaban J connectivity index is 1.18. The highest BCUT2D eigenvalue weighted by molar-refractivity contribution is 6.04. The van der Waals surface area contributed by atoms with Crippen LogP contribution in [0.5, 0.6) is 0 Å². The van der Waals surface area contributed by atoms with Crippen molar-refractivity contribution in [1.29, 1.82) is 0 Å². The Kier molecular flexibility index (Phi) is 6.24. The van der Waals surface area contributed by atoms with Crippen LogP contribution in [0.3, 0.4) is 0 Å². The van der Waals surface area contributed by atoms with E-state index in [4.69, 9.17) is 4.98 Å². The van der Waals surface area contributed by atoms with E-state index < -0.39 is 0 Å². The highest BCUT2D eigenvalue weighted by Crippen LogP contribution is 2.33. The van der Waals surface area contributed by atoms with Crippen molar-refractivity contribution >= 4 is 21.5 Å². The molecule has 0 fully saturated rings. The molecule has 0 aliphatic carbocycles. The number of nitrogens with zero attached hydrogens (tertiary/aromatic N) is 2. The van der Waals surface area contributed by atoms with Crippen molar-refractivity contribution in [2.75, 3.05) is 0 Å². The predicted octanol–water partition coefficient (Wildman–Crippen LogP) is 8.68. The summed E-state index contributed by atoms with van der Waals surface area (Å²) in [5.74, 6) is 0. The van der Waals surface area contributed by atoms with Crippen molar-refractivity contribution in [3.05, 3.63) is 133 Å². The summed E-state index contributed by atoms with van der Waals surface area (Å²) in [7, 11) is 0. The number of aromatic nitrogens is 2. The van der Waals surface area contributed by atoms with E-state index in [1.165, 1.54) is 38.2 Å². The third-order valence-corrected chi connectivity index (χ3v) is 6.98. The molecule has 174 valence electrons. The minimum Gasteiger partial charge on any atom is -0.256 e. The Labute approximate surface area is 212 Å². The molecule has 2 heteroatoms. The van der Waals surface area contributed by atoms with E-state index in [9.17, 15) is 0 Å². The molecule has 6 rings (SSSR count). The molecule has 2 nitrogen and oxygen atoms in total. The standard InChI is InChI=1S/C34H28N2/c1-2-13-27(14-3-1)33-22-21-25(23-35-33)11-4-5-15-28-24-36-34(31-19-9-8-18-30(28)31)32-20-10-16-26-12-6-7-17-29(26)32/h1-3,6-10,12-14,16-24H,4-5,11,15H2. The van der Waals surface area contributed by atoms with Crippen LogP contribution < -0.4 is 0 Å². The van der Waals surface area contributed by atoms with Gasteiger partial charge in [-0.05, 0) is 59.0 Å². The van der Waals surface area contributed by atoms with Gasteiger partial charge in [0, 0.05) is 28.9 Å². The average Bonchev–Trinajstić information content (AvgIpc) is 2.96. The Morgan fingerprint density at radius 1 is 0.500 bits per heavy atom. The van der Waals surface area contributed by atoms with Crippen LogP contribution in [0.15, 0.2) is 122 Å². The second kappa shape index (κ2) is 10.1. The fraction of sp³-hybridized carbons (Fsp3) is 0.118. The summed E-state index contributed by atoms with van der Waals surface area (Å²) in [6.07, 6.45) is 8.44. The summed E-state index contributed by atoms with van der Waals surface area (Å²) < 4.78 is 0. The van der Waals surface area contributed by atoms with Crippen molar-refractivity contribution in [3.8, 4) is 22.5 Å². The number of unbranched alkanes of at least 4 members (excludes halogenated alkanes) is 1. The van der Waals surface area contributed by atoms with Gasteiger partial charge in [0.1, 0.15) is 0 Å². The Bertz CT molecular complexity index is 1610. The van der Waals surface area contributed by atoms with Crippen molar-refractivity contribution in [2.45, 2.75) is 25.7 Å². The Morgan fingerprint density at radius 2 is 1.22 bits per heavy atom. The van der Waals surface area contributed by atoms with Crippen LogP contribution >= 0.6 is 0 Å². The van der Waals surface area contributed by atoms with Gasteiger partial charge in [-0.25, -0.2) is 0 Å². The number of benzene rings is 4. The van der Waals surface area contributed by atoms with Crippen molar-refractivity contribution in [3.63, 3.8) is 0 Å². The number of hydrogen-bond donors (Lipinski definition) is 0. The molecule has 0 N–H and O–H groups in total. The molecule has 0 atom stereocenters. The molecule has 0 unspecified atom stereocenters. The van der Waals surface area contributed by atoms with Gasteiger partial charge in [-0.1, -0.05) is 103 Å². The topological polar surface area (TPSA) is 25.8 Å². The molecule has 0 spiro atoms. The zero-order valence-corrected chi connectivity index (χ0v) is 20.3. The van der Waals surface area contributed by atoms with E-state index in [-0.39, 0.29) is 0 Å². The second-order valence-corrected chi connectivity index (χ2v) is 9.33. The van der Waals surface area contributed by atoms with Gasteiger partial charge >= 0.3 is 0 Å². The smallest absolute Gasteiger partial charge is 0.0786 e. The number of fused-ring (bicyclic) bond motifs is 2. The van der Waals surface area contributed by atoms with Gasteiger partial charge in [0.05, 0.1) is 11.4 Å². The highest BCUT2D eigenvalue weighted by Gasteiger charge is 2.11. The van der Waals surface area contributed by atoms with Crippen LogP contribution in [0.4, 0.5) is 0 Å². The van der Waals surface area contributed by atoms with Crippen LogP contribution in [0.1, 0.15) is 24.0 Å². The van der Waals surface area contributed by atoms with Gasteiger partial charge in [-0.2, -0.15) is 0 Å². The van der Waals surface area contributed by atoms with Crippen LogP contribution in [0, 0.1) is 0 Å². The van der Waals surface area contributed by atoms with Gasteiger partial charge in [0.2, 0.25) is 0 Å². The lowest BCUT2D eigenvalue weighted by Crippen LogP contribution is -1.95. The van der Waals surface area contributed by atoms with Crippen LogP contribution in [0.2, 0.25) is 0 Å². The molecule has 2 aromatic heterocycles. The second-order valence-electron chi connectivity index (χ2n) is 9.33. The number of rotatable bonds is 7. The molecule has 2 heterocycles. The lowest BCUT2D eigenvalue weighted by Gasteiger charge is -2.13. The lowest BCUT2D eigenvalue weighted by molar-refractivity contribution is 0.734. The summed E-state index contributed by atoms with van der Waals surface area (Å²) in [6.45, 7) is 0. The molecule has 6 aromatic rings. The van der Waals surface area contributed by atoms with Gasteiger partial charge in [-0.3, -0.25) is 9.97 Å². The zero-order chi connectivity index (χ0) is 24.2. The van der Waals surface area contributed by atoms with E-state index in [0.717, 1.165) is 42.6 Å². The maximum atomic E-state index is 4.99. The molecule has 0 bridgehead atoms. The van der Waals surface area contributed by atoms with Crippen molar-refractivity contribution < 1.29 is 0 Å². The monoisotopic (exact) mass is 464 g/mol. The Hall–Kier alpha value is -4.30. The molecular formula is C34H28N2.